The highest BCUT2D eigenvalue weighted by atomic mass is 16.3. The molecule has 1 heterocycles. The van der Waals surface area contributed by atoms with Gasteiger partial charge in [0.2, 0.25) is 0 Å². The van der Waals surface area contributed by atoms with Gasteiger partial charge >= 0.3 is 0 Å². The maximum absolute atomic E-state index is 5.57. The molecule has 2 saturated carbocycles. The smallest absolute Gasteiger partial charge is 0.134 e. The van der Waals surface area contributed by atoms with Crippen molar-refractivity contribution in [2.24, 2.45) is 11.3 Å². The molecule has 2 heteroatoms. The van der Waals surface area contributed by atoms with Gasteiger partial charge in [-0.25, -0.2) is 0 Å². The molecule has 94 valence electrons. The van der Waals surface area contributed by atoms with E-state index in [-0.39, 0.29) is 0 Å². The predicted octanol–water partition coefficient (Wildman–Crippen LogP) is 3.71. The van der Waals surface area contributed by atoms with E-state index in [1.54, 1.807) is 0 Å². The Hall–Kier alpha value is -1.28. The van der Waals surface area contributed by atoms with Crippen LogP contribution in [0.3, 0.4) is 0 Å². The van der Waals surface area contributed by atoms with Crippen molar-refractivity contribution < 1.29 is 4.42 Å². The molecule has 1 aromatic heterocycles. The van der Waals surface area contributed by atoms with E-state index in [1.165, 1.54) is 43.2 Å². The molecular weight excluding hydrogens is 222 g/mol. The number of hydrogen-bond donors (Lipinski definition) is 1. The zero-order valence-electron chi connectivity index (χ0n) is 10.6. The molecule has 2 aliphatic carbocycles. The molecular formula is C16H19NO. The molecule has 2 aromatic rings. The quantitative estimate of drug-likeness (QED) is 0.863. The summed E-state index contributed by atoms with van der Waals surface area (Å²) < 4.78 is 5.57. The van der Waals surface area contributed by atoms with Crippen LogP contribution in [0.15, 0.2) is 34.9 Å². The molecule has 18 heavy (non-hydrogen) atoms. The Balaban J connectivity index is 1.42. The molecule has 0 bridgehead atoms. The van der Waals surface area contributed by atoms with Crippen molar-refractivity contribution in [3.05, 3.63) is 36.1 Å². The first-order valence-corrected chi connectivity index (χ1v) is 7.03. The highest BCUT2D eigenvalue weighted by molar-refractivity contribution is 5.80. The monoisotopic (exact) mass is 241 g/mol. The van der Waals surface area contributed by atoms with Crippen LogP contribution in [0, 0.1) is 11.3 Å². The first-order chi connectivity index (χ1) is 8.87. The second kappa shape index (κ2) is 3.86. The van der Waals surface area contributed by atoms with Gasteiger partial charge in [-0.1, -0.05) is 18.2 Å². The Labute approximate surface area is 107 Å². The van der Waals surface area contributed by atoms with Crippen LogP contribution in [0.5, 0.6) is 0 Å². The van der Waals surface area contributed by atoms with Crippen LogP contribution >= 0.6 is 0 Å². The lowest BCUT2D eigenvalue weighted by atomic mass is 10.0. The fourth-order valence-corrected chi connectivity index (χ4v) is 3.20. The van der Waals surface area contributed by atoms with E-state index in [4.69, 9.17) is 4.42 Å². The number of nitrogens with one attached hydrogen (secondary N) is 1. The van der Waals surface area contributed by atoms with Crippen LogP contribution in [-0.2, 0) is 6.54 Å². The third-order valence-corrected chi connectivity index (χ3v) is 4.69. The summed E-state index contributed by atoms with van der Waals surface area (Å²) in [5.74, 6) is 1.03. The lowest BCUT2D eigenvalue weighted by Gasteiger charge is -2.14. The summed E-state index contributed by atoms with van der Waals surface area (Å²) in [4.78, 5) is 0. The second-order valence-electron chi connectivity index (χ2n) is 6.00. The van der Waals surface area contributed by atoms with E-state index in [2.05, 4.69) is 17.4 Å². The Bertz CT molecular complexity index is 563. The minimum absolute atomic E-state index is 0.680. The van der Waals surface area contributed by atoms with Gasteiger partial charge in [-0.15, -0.1) is 0 Å². The maximum atomic E-state index is 5.57. The van der Waals surface area contributed by atoms with Crippen molar-refractivity contribution in [3.63, 3.8) is 0 Å². The lowest BCUT2D eigenvalue weighted by Crippen LogP contribution is -2.24. The number of hydrogen-bond acceptors (Lipinski definition) is 2. The van der Waals surface area contributed by atoms with Gasteiger partial charge in [-0.2, -0.15) is 0 Å². The number of benzene rings is 1. The van der Waals surface area contributed by atoms with E-state index >= 15 is 0 Å². The van der Waals surface area contributed by atoms with Gasteiger partial charge in [0, 0.05) is 24.0 Å². The van der Waals surface area contributed by atoms with E-state index in [9.17, 15) is 0 Å². The second-order valence-corrected chi connectivity index (χ2v) is 6.00. The van der Waals surface area contributed by atoms with Gasteiger partial charge in [0.05, 0.1) is 6.26 Å². The Kier molecular flexibility index (Phi) is 2.28. The van der Waals surface area contributed by atoms with Crippen LogP contribution in [0.4, 0.5) is 0 Å². The summed E-state index contributed by atoms with van der Waals surface area (Å²) in [6.45, 7) is 2.13. The molecule has 2 fully saturated rings. The number of fused-ring (bicyclic) bond motifs is 1. The van der Waals surface area contributed by atoms with Crippen LogP contribution in [0.2, 0.25) is 0 Å². The SMILES string of the molecule is c1ccc2c(CNCC3(C4CC4)CC3)coc2c1. The van der Waals surface area contributed by atoms with Gasteiger partial charge in [-0.05, 0) is 43.1 Å². The molecule has 1 aromatic carbocycles. The minimum Gasteiger partial charge on any atom is -0.464 e. The van der Waals surface area contributed by atoms with Crippen molar-refractivity contribution in [3.8, 4) is 0 Å². The molecule has 0 radical (unpaired) electrons. The summed E-state index contributed by atoms with van der Waals surface area (Å²) in [5.41, 5.74) is 2.97. The van der Waals surface area contributed by atoms with E-state index in [0.717, 1.165) is 18.0 Å². The fourth-order valence-electron chi connectivity index (χ4n) is 3.20. The van der Waals surface area contributed by atoms with E-state index in [0.29, 0.717) is 5.41 Å². The maximum Gasteiger partial charge on any atom is 0.134 e. The number of para-hydroxylation sites is 1. The summed E-state index contributed by atoms with van der Waals surface area (Å²) in [5, 5.41) is 4.90. The molecule has 0 aliphatic heterocycles. The summed E-state index contributed by atoms with van der Waals surface area (Å²) in [7, 11) is 0. The van der Waals surface area contributed by atoms with Crippen LogP contribution in [0.25, 0.3) is 11.0 Å². The van der Waals surface area contributed by atoms with Crippen molar-refractivity contribution in [1.82, 2.24) is 5.32 Å². The van der Waals surface area contributed by atoms with Crippen molar-refractivity contribution in [2.75, 3.05) is 6.54 Å². The predicted molar refractivity (Wildman–Crippen MR) is 72.3 cm³/mol. The molecule has 4 rings (SSSR count). The molecule has 0 atom stereocenters. The Morgan fingerprint density at radius 3 is 2.83 bits per heavy atom. The molecule has 0 saturated heterocycles. The lowest BCUT2D eigenvalue weighted by molar-refractivity contribution is 0.403. The molecule has 0 spiro atoms. The molecule has 0 unspecified atom stereocenters. The summed E-state index contributed by atoms with van der Waals surface area (Å²) in [6.07, 6.45) is 7.72. The number of furan rings is 1. The first kappa shape index (κ1) is 10.6. The average Bonchev–Trinajstić information content (AvgIpc) is 3.28. The average molecular weight is 241 g/mol. The third-order valence-electron chi connectivity index (χ3n) is 4.69. The Morgan fingerprint density at radius 2 is 2.06 bits per heavy atom. The van der Waals surface area contributed by atoms with Crippen LogP contribution < -0.4 is 5.32 Å². The Morgan fingerprint density at radius 1 is 1.22 bits per heavy atom. The van der Waals surface area contributed by atoms with E-state index in [1.807, 2.05) is 18.4 Å². The highest BCUT2D eigenvalue weighted by Gasteiger charge is 2.53. The molecule has 0 amide bonds. The van der Waals surface area contributed by atoms with Crippen molar-refractivity contribution in [1.29, 1.82) is 0 Å². The van der Waals surface area contributed by atoms with Crippen LogP contribution in [-0.4, -0.2) is 6.54 Å². The van der Waals surface area contributed by atoms with Crippen molar-refractivity contribution in [2.45, 2.75) is 32.2 Å². The molecule has 1 N–H and O–H groups in total. The zero-order valence-corrected chi connectivity index (χ0v) is 10.6. The van der Waals surface area contributed by atoms with Gasteiger partial charge in [0.15, 0.2) is 0 Å². The van der Waals surface area contributed by atoms with E-state index < -0.39 is 0 Å². The first-order valence-electron chi connectivity index (χ1n) is 7.03. The molecule has 2 nitrogen and oxygen atoms in total. The van der Waals surface area contributed by atoms with Crippen LogP contribution in [0.1, 0.15) is 31.2 Å². The van der Waals surface area contributed by atoms with Crippen molar-refractivity contribution >= 4 is 11.0 Å². The highest BCUT2D eigenvalue weighted by Crippen LogP contribution is 2.60. The fraction of sp³-hybridized carbons (Fsp3) is 0.500. The number of rotatable bonds is 5. The zero-order chi connectivity index (χ0) is 12.0. The minimum atomic E-state index is 0.680. The van der Waals surface area contributed by atoms with Gasteiger partial charge in [0.25, 0.3) is 0 Å². The normalized spacial score (nSPS) is 21.3. The topological polar surface area (TPSA) is 25.2 Å². The third kappa shape index (κ3) is 1.76. The largest absolute Gasteiger partial charge is 0.464 e. The van der Waals surface area contributed by atoms with Gasteiger partial charge < -0.3 is 9.73 Å². The standard InChI is InChI=1S/C16H19NO/c1-2-4-15-14(3-1)12(10-18-15)9-17-11-16(7-8-16)13-5-6-13/h1-4,10,13,17H,5-9,11H2. The van der Waals surface area contributed by atoms with Gasteiger partial charge in [-0.3, -0.25) is 0 Å². The summed E-state index contributed by atoms with van der Waals surface area (Å²) >= 11 is 0. The molecule has 2 aliphatic rings. The summed E-state index contributed by atoms with van der Waals surface area (Å²) in [6, 6.07) is 8.28. The van der Waals surface area contributed by atoms with Gasteiger partial charge in [0.1, 0.15) is 5.58 Å².